The van der Waals surface area contributed by atoms with Crippen molar-refractivity contribution in [2.24, 2.45) is 0 Å². The van der Waals surface area contributed by atoms with E-state index in [0.29, 0.717) is 29.6 Å². The van der Waals surface area contributed by atoms with Gasteiger partial charge in [0.05, 0.1) is 4.90 Å². The number of hydrogen-bond acceptors (Lipinski definition) is 3. The third-order valence-electron chi connectivity index (χ3n) is 3.42. The van der Waals surface area contributed by atoms with E-state index in [-0.39, 0.29) is 0 Å². The molecule has 1 aliphatic heterocycles. The molecule has 0 saturated carbocycles. The molecular weight excluding hydrogens is 296 g/mol. The molecule has 1 N–H and O–H groups in total. The number of benzene rings is 1. The van der Waals surface area contributed by atoms with Crippen LogP contribution in [0.1, 0.15) is 18.9 Å². The summed E-state index contributed by atoms with van der Waals surface area (Å²) >= 11 is 6.07. The molecule has 110 valence electrons. The molecule has 0 spiro atoms. The number of rotatable bonds is 4. The molecule has 0 bridgehead atoms. The molecule has 0 saturated heterocycles. The van der Waals surface area contributed by atoms with Crippen LogP contribution in [0.25, 0.3) is 0 Å². The molecule has 0 fully saturated rings. The van der Waals surface area contributed by atoms with Gasteiger partial charge in [-0.15, -0.1) is 0 Å². The second kappa shape index (κ2) is 6.26. The molecule has 1 aliphatic rings. The predicted molar refractivity (Wildman–Crippen MR) is 81.3 cm³/mol. The summed E-state index contributed by atoms with van der Waals surface area (Å²) < 4.78 is 26.7. The van der Waals surface area contributed by atoms with Crippen molar-refractivity contribution < 1.29 is 8.42 Å². The van der Waals surface area contributed by atoms with Crippen LogP contribution in [0.2, 0.25) is 5.02 Å². The quantitative estimate of drug-likeness (QED) is 0.868. The summed E-state index contributed by atoms with van der Waals surface area (Å²) in [6.07, 6.45) is 2.75. The average Bonchev–Trinajstić information content (AvgIpc) is 2.42. The SMILES string of the molecule is CNCc1cc(S(=O)(=O)N2CC=C(C)CC2)ccc1Cl. The number of halogens is 1. The summed E-state index contributed by atoms with van der Waals surface area (Å²) in [4.78, 5) is 0.306. The van der Waals surface area contributed by atoms with Gasteiger partial charge in [-0.05, 0) is 44.2 Å². The van der Waals surface area contributed by atoms with Gasteiger partial charge in [0.25, 0.3) is 0 Å². The zero-order valence-corrected chi connectivity index (χ0v) is 13.3. The van der Waals surface area contributed by atoms with Gasteiger partial charge in [0.1, 0.15) is 0 Å². The van der Waals surface area contributed by atoms with Gasteiger partial charge in [0, 0.05) is 24.7 Å². The van der Waals surface area contributed by atoms with Gasteiger partial charge in [-0.2, -0.15) is 4.31 Å². The molecule has 1 aromatic rings. The first kappa shape index (κ1) is 15.5. The third-order valence-corrected chi connectivity index (χ3v) is 5.65. The highest BCUT2D eigenvalue weighted by molar-refractivity contribution is 7.89. The van der Waals surface area contributed by atoms with Crippen LogP contribution in [0, 0.1) is 0 Å². The van der Waals surface area contributed by atoms with Crippen molar-refractivity contribution in [3.63, 3.8) is 0 Å². The lowest BCUT2D eigenvalue weighted by atomic mass is 10.1. The van der Waals surface area contributed by atoms with Crippen LogP contribution in [0.3, 0.4) is 0 Å². The van der Waals surface area contributed by atoms with Crippen LogP contribution in [-0.2, 0) is 16.6 Å². The van der Waals surface area contributed by atoms with Crippen molar-refractivity contribution in [1.82, 2.24) is 9.62 Å². The van der Waals surface area contributed by atoms with Crippen LogP contribution in [0.15, 0.2) is 34.7 Å². The predicted octanol–water partition coefficient (Wildman–Crippen LogP) is 2.40. The highest BCUT2D eigenvalue weighted by Gasteiger charge is 2.25. The Bertz CT molecular complexity index is 626. The van der Waals surface area contributed by atoms with Gasteiger partial charge in [0.15, 0.2) is 0 Å². The zero-order valence-electron chi connectivity index (χ0n) is 11.7. The monoisotopic (exact) mass is 314 g/mol. The Labute approximate surface area is 125 Å². The minimum Gasteiger partial charge on any atom is -0.316 e. The van der Waals surface area contributed by atoms with E-state index >= 15 is 0 Å². The molecule has 1 heterocycles. The van der Waals surface area contributed by atoms with Crippen LogP contribution in [0.5, 0.6) is 0 Å². The molecule has 0 radical (unpaired) electrons. The summed E-state index contributed by atoms with van der Waals surface area (Å²) in [5.74, 6) is 0. The highest BCUT2D eigenvalue weighted by Crippen LogP contribution is 2.24. The molecular formula is C14H19ClN2O2S. The van der Waals surface area contributed by atoms with E-state index in [9.17, 15) is 8.42 Å². The fourth-order valence-electron chi connectivity index (χ4n) is 2.16. The molecule has 20 heavy (non-hydrogen) atoms. The zero-order chi connectivity index (χ0) is 14.8. The summed E-state index contributed by atoms with van der Waals surface area (Å²) in [6, 6.07) is 4.87. The van der Waals surface area contributed by atoms with Crippen molar-refractivity contribution in [2.45, 2.75) is 24.8 Å². The minimum absolute atomic E-state index is 0.306. The smallest absolute Gasteiger partial charge is 0.243 e. The lowest BCUT2D eigenvalue weighted by Crippen LogP contribution is -2.34. The van der Waals surface area contributed by atoms with Crippen molar-refractivity contribution in [3.8, 4) is 0 Å². The Morgan fingerprint density at radius 2 is 2.15 bits per heavy atom. The Kier molecular flexibility index (Phi) is 4.86. The van der Waals surface area contributed by atoms with Gasteiger partial charge < -0.3 is 5.32 Å². The molecule has 0 atom stereocenters. The standard InChI is InChI=1S/C14H19ClN2O2S/c1-11-5-7-17(8-6-11)20(18,19)13-3-4-14(15)12(9-13)10-16-2/h3-5,9,16H,6-8,10H2,1-2H3. The molecule has 0 unspecified atom stereocenters. The minimum atomic E-state index is -3.44. The normalized spacial score (nSPS) is 17.1. The Hall–Kier alpha value is -0.880. The van der Waals surface area contributed by atoms with Gasteiger partial charge in [-0.3, -0.25) is 0 Å². The van der Waals surface area contributed by atoms with Crippen molar-refractivity contribution in [2.75, 3.05) is 20.1 Å². The van der Waals surface area contributed by atoms with Gasteiger partial charge >= 0.3 is 0 Å². The largest absolute Gasteiger partial charge is 0.316 e. The van der Waals surface area contributed by atoms with Gasteiger partial charge in [-0.1, -0.05) is 23.3 Å². The van der Waals surface area contributed by atoms with Crippen LogP contribution in [-0.4, -0.2) is 32.9 Å². The van der Waals surface area contributed by atoms with Crippen molar-refractivity contribution in [3.05, 3.63) is 40.4 Å². The van der Waals surface area contributed by atoms with E-state index in [2.05, 4.69) is 5.32 Å². The van der Waals surface area contributed by atoms with E-state index in [0.717, 1.165) is 12.0 Å². The number of nitrogens with zero attached hydrogens (tertiary/aromatic N) is 1. The van der Waals surface area contributed by atoms with E-state index < -0.39 is 10.0 Å². The second-order valence-corrected chi connectivity index (χ2v) is 7.29. The summed E-state index contributed by atoms with van der Waals surface area (Å²) in [5.41, 5.74) is 2.03. The Balaban J connectivity index is 2.32. The molecule has 0 aliphatic carbocycles. The van der Waals surface area contributed by atoms with Crippen molar-refractivity contribution >= 4 is 21.6 Å². The topological polar surface area (TPSA) is 49.4 Å². The lowest BCUT2D eigenvalue weighted by Gasteiger charge is -2.25. The fourth-order valence-corrected chi connectivity index (χ4v) is 3.77. The molecule has 1 aromatic carbocycles. The Morgan fingerprint density at radius 3 is 2.75 bits per heavy atom. The third kappa shape index (κ3) is 3.23. The van der Waals surface area contributed by atoms with Gasteiger partial charge in [0.2, 0.25) is 10.0 Å². The van der Waals surface area contributed by atoms with E-state index in [1.165, 1.54) is 9.88 Å². The molecule has 2 rings (SSSR count). The highest BCUT2D eigenvalue weighted by atomic mass is 35.5. The van der Waals surface area contributed by atoms with Crippen LogP contribution >= 0.6 is 11.6 Å². The maximum absolute atomic E-state index is 12.6. The summed E-state index contributed by atoms with van der Waals surface area (Å²) in [5, 5.41) is 3.56. The van der Waals surface area contributed by atoms with Crippen molar-refractivity contribution in [1.29, 1.82) is 0 Å². The van der Waals surface area contributed by atoms with E-state index in [1.807, 2.05) is 13.0 Å². The summed E-state index contributed by atoms with van der Waals surface area (Å²) in [7, 11) is -1.64. The lowest BCUT2D eigenvalue weighted by molar-refractivity contribution is 0.431. The number of sulfonamides is 1. The summed E-state index contributed by atoms with van der Waals surface area (Å²) in [6.45, 7) is 3.55. The molecule has 4 nitrogen and oxygen atoms in total. The first-order valence-corrected chi connectivity index (χ1v) is 8.36. The molecule has 0 amide bonds. The van der Waals surface area contributed by atoms with E-state index in [1.54, 1.807) is 25.2 Å². The second-order valence-electron chi connectivity index (χ2n) is 4.95. The Morgan fingerprint density at radius 1 is 1.40 bits per heavy atom. The maximum Gasteiger partial charge on any atom is 0.243 e. The first-order chi connectivity index (χ1) is 9.45. The van der Waals surface area contributed by atoms with E-state index in [4.69, 9.17) is 11.6 Å². The fraction of sp³-hybridized carbons (Fsp3) is 0.429. The maximum atomic E-state index is 12.6. The van der Waals surface area contributed by atoms with Crippen LogP contribution in [0.4, 0.5) is 0 Å². The molecule has 0 aromatic heterocycles. The number of hydrogen-bond donors (Lipinski definition) is 1. The van der Waals surface area contributed by atoms with Gasteiger partial charge in [-0.25, -0.2) is 8.42 Å². The number of nitrogens with one attached hydrogen (secondary N) is 1. The van der Waals surface area contributed by atoms with Crippen LogP contribution < -0.4 is 5.32 Å². The molecule has 6 heteroatoms. The first-order valence-electron chi connectivity index (χ1n) is 6.54. The average molecular weight is 315 g/mol.